The topological polar surface area (TPSA) is 112 Å². The molecule has 0 amide bonds. The van der Waals surface area contributed by atoms with Gasteiger partial charge >= 0.3 is 0 Å². The number of aliphatic imine (C=N–C) groups is 1. The Morgan fingerprint density at radius 3 is 2.44 bits per heavy atom. The van der Waals surface area contributed by atoms with Crippen LogP contribution in [0.5, 0.6) is 5.88 Å². The van der Waals surface area contributed by atoms with Crippen LogP contribution in [-0.2, 0) is 16.6 Å². The molecule has 0 unspecified atom stereocenters. The Kier molecular flexibility index (Phi) is 5.38. The summed E-state index contributed by atoms with van der Waals surface area (Å²) < 4.78 is 25.5. The molecule has 0 aliphatic rings. The Morgan fingerprint density at radius 2 is 1.78 bits per heavy atom. The first-order chi connectivity index (χ1) is 12.9. The maximum atomic E-state index is 11.9. The molecule has 0 aliphatic heterocycles. The molecule has 140 valence electrons. The first-order valence-electron chi connectivity index (χ1n) is 8.34. The molecule has 0 bridgehead atoms. The number of fused-ring (bicyclic) bond motifs is 1. The van der Waals surface area contributed by atoms with Crippen LogP contribution in [-0.4, -0.2) is 30.5 Å². The van der Waals surface area contributed by atoms with Crippen molar-refractivity contribution in [3.63, 3.8) is 0 Å². The molecule has 2 aromatic carbocycles. The minimum Gasteiger partial charge on any atom is -0.494 e. The van der Waals surface area contributed by atoms with E-state index in [0.717, 1.165) is 5.56 Å². The number of hydrogen-bond donors (Lipinski definition) is 3. The number of sulfonamides is 1. The molecule has 0 aliphatic carbocycles. The third-order valence-electron chi connectivity index (χ3n) is 4.10. The van der Waals surface area contributed by atoms with Gasteiger partial charge in [-0.2, -0.15) is 0 Å². The van der Waals surface area contributed by atoms with Crippen LogP contribution in [0.25, 0.3) is 10.8 Å². The lowest BCUT2D eigenvalue weighted by atomic mass is 10.1. The standard InChI is InChI=1S/C19H19N3O4S/c1-2-27(25,26)21-11-13-7-9-14(10-8-13)20-12-17-15-5-3-4-6-16(15)18(23)22-19(17)24/h3-10,12,21H,2,11H2,1H3,(H2,22,23,24). The maximum absolute atomic E-state index is 11.9. The van der Waals surface area contributed by atoms with Crippen molar-refractivity contribution in [2.45, 2.75) is 13.5 Å². The second-order valence-electron chi connectivity index (χ2n) is 5.91. The first kappa shape index (κ1) is 18.8. The minimum absolute atomic E-state index is 0.0337. The van der Waals surface area contributed by atoms with E-state index >= 15 is 0 Å². The van der Waals surface area contributed by atoms with E-state index in [1.165, 1.54) is 6.21 Å². The summed E-state index contributed by atoms with van der Waals surface area (Å²) in [6.45, 7) is 1.79. The van der Waals surface area contributed by atoms with Crippen LogP contribution < -0.4 is 10.3 Å². The number of benzene rings is 2. The van der Waals surface area contributed by atoms with Crippen LogP contribution in [0.15, 0.2) is 58.3 Å². The van der Waals surface area contributed by atoms with Gasteiger partial charge in [0.15, 0.2) is 0 Å². The van der Waals surface area contributed by atoms with Gasteiger partial charge in [-0.3, -0.25) is 14.8 Å². The number of nitrogens with zero attached hydrogens (tertiary/aromatic N) is 1. The van der Waals surface area contributed by atoms with Gasteiger partial charge in [-0.05, 0) is 30.7 Å². The third-order valence-corrected chi connectivity index (χ3v) is 5.45. The van der Waals surface area contributed by atoms with Crippen molar-refractivity contribution >= 4 is 32.7 Å². The molecule has 0 spiro atoms. The maximum Gasteiger partial charge on any atom is 0.258 e. The lowest BCUT2D eigenvalue weighted by Crippen LogP contribution is -2.24. The Bertz CT molecular complexity index is 1150. The van der Waals surface area contributed by atoms with Crippen molar-refractivity contribution < 1.29 is 13.5 Å². The largest absolute Gasteiger partial charge is 0.494 e. The molecular weight excluding hydrogens is 366 g/mol. The highest BCUT2D eigenvalue weighted by Gasteiger charge is 2.09. The molecule has 0 saturated heterocycles. The van der Waals surface area contributed by atoms with Crippen LogP contribution in [0.1, 0.15) is 18.1 Å². The van der Waals surface area contributed by atoms with E-state index in [4.69, 9.17) is 0 Å². The van der Waals surface area contributed by atoms with Crippen molar-refractivity contribution in [1.29, 1.82) is 0 Å². The van der Waals surface area contributed by atoms with Crippen molar-refractivity contribution in [2.24, 2.45) is 4.99 Å². The summed E-state index contributed by atoms with van der Waals surface area (Å²) in [5, 5.41) is 11.1. The smallest absolute Gasteiger partial charge is 0.258 e. The highest BCUT2D eigenvalue weighted by atomic mass is 32.2. The van der Waals surface area contributed by atoms with Crippen molar-refractivity contribution in [3.05, 3.63) is 70.0 Å². The third kappa shape index (κ3) is 4.42. The molecule has 3 aromatic rings. The Hall–Kier alpha value is -2.97. The molecule has 0 fully saturated rings. The molecule has 8 heteroatoms. The van der Waals surface area contributed by atoms with Gasteiger partial charge in [0, 0.05) is 23.5 Å². The normalized spacial score (nSPS) is 12.0. The number of hydrogen-bond acceptors (Lipinski definition) is 5. The molecule has 0 atom stereocenters. The highest BCUT2D eigenvalue weighted by molar-refractivity contribution is 7.89. The number of aromatic amines is 1. The summed E-state index contributed by atoms with van der Waals surface area (Å²) >= 11 is 0. The lowest BCUT2D eigenvalue weighted by molar-refractivity contribution is 0.452. The van der Waals surface area contributed by atoms with E-state index in [1.54, 1.807) is 55.5 Å². The minimum atomic E-state index is -3.24. The van der Waals surface area contributed by atoms with Gasteiger partial charge in [0.1, 0.15) is 0 Å². The van der Waals surface area contributed by atoms with Gasteiger partial charge < -0.3 is 5.11 Å². The predicted octanol–water partition coefficient (Wildman–Crippen LogP) is 2.42. The monoisotopic (exact) mass is 385 g/mol. The number of pyridine rings is 1. The molecule has 3 N–H and O–H groups in total. The summed E-state index contributed by atoms with van der Waals surface area (Å²) in [5.41, 5.74) is 1.50. The van der Waals surface area contributed by atoms with Crippen LogP contribution in [0.4, 0.5) is 5.69 Å². The number of H-pyrrole nitrogens is 1. The predicted molar refractivity (Wildman–Crippen MR) is 106 cm³/mol. The van der Waals surface area contributed by atoms with E-state index in [-0.39, 0.29) is 23.7 Å². The zero-order valence-electron chi connectivity index (χ0n) is 14.6. The lowest BCUT2D eigenvalue weighted by Gasteiger charge is -2.05. The molecule has 3 rings (SSSR count). The SMILES string of the molecule is CCS(=O)(=O)NCc1ccc(N=Cc2c(O)[nH]c(=O)c3ccccc23)cc1. The molecular formula is C19H19N3O4S. The van der Waals surface area contributed by atoms with E-state index in [0.29, 0.717) is 22.0 Å². The van der Waals surface area contributed by atoms with E-state index < -0.39 is 10.0 Å². The summed E-state index contributed by atoms with van der Waals surface area (Å²) in [6, 6.07) is 14.0. The van der Waals surface area contributed by atoms with Gasteiger partial charge in [0.25, 0.3) is 5.56 Å². The quantitative estimate of drug-likeness (QED) is 0.566. The Labute approximate surface area is 156 Å². The molecule has 27 heavy (non-hydrogen) atoms. The second kappa shape index (κ2) is 7.73. The summed E-state index contributed by atoms with van der Waals surface area (Å²) in [4.78, 5) is 18.7. The fourth-order valence-corrected chi connectivity index (χ4v) is 3.14. The van der Waals surface area contributed by atoms with E-state index in [9.17, 15) is 18.3 Å². The van der Waals surface area contributed by atoms with Gasteiger partial charge in [0.2, 0.25) is 15.9 Å². The number of aromatic nitrogens is 1. The summed E-state index contributed by atoms with van der Waals surface area (Å²) in [5.74, 6) is -0.209. The highest BCUT2D eigenvalue weighted by Crippen LogP contribution is 2.21. The fourth-order valence-electron chi connectivity index (χ4n) is 2.55. The molecule has 0 radical (unpaired) electrons. The molecule has 7 nitrogen and oxygen atoms in total. The van der Waals surface area contributed by atoms with Crippen LogP contribution in [0.2, 0.25) is 0 Å². The van der Waals surface area contributed by atoms with Gasteiger partial charge in [-0.25, -0.2) is 13.1 Å². The van der Waals surface area contributed by atoms with Crippen molar-refractivity contribution in [2.75, 3.05) is 5.75 Å². The van der Waals surface area contributed by atoms with Crippen LogP contribution >= 0.6 is 0 Å². The molecule has 1 aromatic heterocycles. The van der Waals surface area contributed by atoms with Gasteiger partial charge in [-0.15, -0.1) is 0 Å². The second-order valence-corrected chi connectivity index (χ2v) is 8.01. The van der Waals surface area contributed by atoms with E-state index in [2.05, 4.69) is 14.7 Å². The van der Waals surface area contributed by atoms with Gasteiger partial charge in [-0.1, -0.05) is 30.3 Å². The number of aromatic hydroxyl groups is 1. The van der Waals surface area contributed by atoms with E-state index in [1.807, 2.05) is 0 Å². The van der Waals surface area contributed by atoms with Crippen molar-refractivity contribution in [1.82, 2.24) is 9.71 Å². The number of rotatable bonds is 6. The Balaban J connectivity index is 1.83. The van der Waals surface area contributed by atoms with Crippen molar-refractivity contribution in [3.8, 4) is 5.88 Å². The molecule has 1 heterocycles. The zero-order chi connectivity index (χ0) is 19.4. The summed E-state index contributed by atoms with van der Waals surface area (Å²) in [6.07, 6.45) is 1.49. The van der Waals surface area contributed by atoms with Crippen LogP contribution in [0.3, 0.4) is 0 Å². The zero-order valence-corrected chi connectivity index (χ0v) is 15.5. The number of nitrogens with one attached hydrogen (secondary N) is 2. The molecule has 0 saturated carbocycles. The average Bonchev–Trinajstić information content (AvgIpc) is 2.67. The van der Waals surface area contributed by atoms with Gasteiger partial charge in [0.05, 0.1) is 17.0 Å². The Morgan fingerprint density at radius 1 is 1.11 bits per heavy atom. The van der Waals surface area contributed by atoms with Crippen LogP contribution in [0, 0.1) is 0 Å². The summed E-state index contributed by atoms with van der Waals surface area (Å²) in [7, 11) is -3.24. The first-order valence-corrected chi connectivity index (χ1v) is 9.99. The fraction of sp³-hybridized carbons (Fsp3) is 0.158. The average molecular weight is 385 g/mol.